The molecule has 0 aliphatic rings. The number of carbonyl (C=O) groups excluding carboxylic acids is 1. The number of nitrogens with one attached hydrogen (secondary N) is 1. The molecule has 2 amide bonds. The highest BCUT2D eigenvalue weighted by Gasteiger charge is 2.09. The van der Waals surface area contributed by atoms with Gasteiger partial charge in [-0.3, -0.25) is 5.21 Å². The molecule has 0 atom stereocenters. The maximum Gasteiger partial charge on any atom is 0.345 e. The van der Waals surface area contributed by atoms with Crippen LogP contribution in [-0.2, 0) is 0 Å². The van der Waals surface area contributed by atoms with Gasteiger partial charge in [0.2, 0.25) is 0 Å². The topological polar surface area (TPSA) is 61.8 Å². The first-order valence-corrected chi connectivity index (χ1v) is 8.63. The van der Waals surface area contributed by atoms with Gasteiger partial charge in [-0.1, -0.05) is 54.6 Å². The van der Waals surface area contributed by atoms with Crippen molar-refractivity contribution in [3.05, 3.63) is 96.3 Å². The maximum atomic E-state index is 14.0. The molecule has 0 saturated carbocycles. The van der Waals surface area contributed by atoms with Crippen molar-refractivity contribution in [2.45, 2.75) is 0 Å². The maximum absolute atomic E-state index is 14.0. The van der Waals surface area contributed by atoms with E-state index in [0.717, 1.165) is 0 Å². The standard InChI is InChI=1S/C22H19FN2O3/c23-20-14-13-17(16-21(20)28-19-11-5-2-6-12-19)8-7-15-25(27)22(26)24-18-9-3-1-4-10-18/h1-14,16,27H,15H2,(H,24,26). The molecule has 0 radical (unpaired) electrons. The predicted octanol–water partition coefficient (Wildman–Crippen LogP) is 5.55. The second-order valence-electron chi connectivity index (χ2n) is 5.89. The Balaban J connectivity index is 1.59. The van der Waals surface area contributed by atoms with Crippen LogP contribution in [0.15, 0.2) is 84.9 Å². The van der Waals surface area contributed by atoms with Gasteiger partial charge in [-0.25, -0.2) is 14.2 Å². The Hall–Kier alpha value is -3.64. The first-order valence-electron chi connectivity index (χ1n) is 8.63. The summed E-state index contributed by atoms with van der Waals surface area (Å²) in [6.45, 7) is -0.0368. The van der Waals surface area contributed by atoms with Gasteiger partial charge in [0, 0.05) is 5.69 Å². The fourth-order valence-electron chi connectivity index (χ4n) is 2.40. The molecular formula is C22H19FN2O3. The number of hydrogen-bond acceptors (Lipinski definition) is 3. The lowest BCUT2D eigenvalue weighted by molar-refractivity contribution is -0.0264. The highest BCUT2D eigenvalue weighted by atomic mass is 19.1. The van der Waals surface area contributed by atoms with Crippen LogP contribution < -0.4 is 10.1 Å². The predicted molar refractivity (Wildman–Crippen MR) is 106 cm³/mol. The molecule has 0 fully saturated rings. The average Bonchev–Trinajstić information content (AvgIpc) is 2.72. The molecule has 6 heteroatoms. The van der Waals surface area contributed by atoms with Gasteiger partial charge in [0.1, 0.15) is 5.75 Å². The number of para-hydroxylation sites is 2. The van der Waals surface area contributed by atoms with Crippen LogP contribution in [0.5, 0.6) is 11.5 Å². The minimum absolute atomic E-state index is 0.0368. The molecular weight excluding hydrogens is 359 g/mol. The molecule has 3 rings (SSSR count). The summed E-state index contributed by atoms with van der Waals surface area (Å²) in [5.74, 6) is 0.143. The van der Waals surface area contributed by atoms with E-state index in [1.807, 2.05) is 12.1 Å². The van der Waals surface area contributed by atoms with Crippen molar-refractivity contribution in [2.75, 3.05) is 11.9 Å². The zero-order valence-electron chi connectivity index (χ0n) is 15.0. The van der Waals surface area contributed by atoms with Crippen molar-refractivity contribution in [2.24, 2.45) is 0 Å². The number of carbonyl (C=O) groups is 1. The molecule has 5 nitrogen and oxygen atoms in total. The summed E-state index contributed by atoms with van der Waals surface area (Å²) in [5.41, 5.74) is 1.25. The lowest BCUT2D eigenvalue weighted by Crippen LogP contribution is -2.31. The number of benzene rings is 3. The number of hydroxylamine groups is 2. The lowest BCUT2D eigenvalue weighted by Gasteiger charge is -2.13. The SMILES string of the molecule is O=C(Nc1ccccc1)N(O)CC=Cc1ccc(F)c(Oc2ccccc2)c1. The Morgan fingerprint density at radius 2 is 1.71 bits per heavy atom. The van der Waals surface area contributed by atoms with Crippen LogP contribution in [0.2, 0.25) is 0 Å². The number of amides is 2. The highest BCUT2D eigenvalue weighted by Crippen LogP contribution is 2.25. The molecule has 0 aromatic heterocycles. The van der Waals surface area contributed by atoms with Crippen molar-refractivity contribution in [1.29, 1.82) is 0 Å². The van der Waals surface area contributed by atoms with E-state index in [1.165, 1.54) is 6.07 Å². The molecule has 0 saturated heterocycles. The van der Waals surface area contributed by atoms with Crippen molar-refractivity contribution in [3.63, 3.8) is 0 Å². The third-order valence-electron chi connectivity index (χ3n) is 3.77. The number of urea groups is 1. The summed E-state index contributed by atoms with van der Waals surface area (Å²) >= 11 is 0. The van der Waals surface area contributed by atoms with Gasteiger partial charge in [-0.2, -0.15) is 0 Å². The van der Waals surface area contributed by atoms with E-state index in [4.69, 9.17) is 4.74 Å². The molecule has 3 aromatic rings. The van der Waals surface area contributed by atoms with Gasteiger partial charge in [0.25, 0.3) is 0 Å². The quantitative estimate of drug-likeness (QED) is 0.436. The van der Waals surface area contributed by atoms with E-state index in [0.29, 0.717) is 22.1 Å². The van der Waals surface area contributed by atoms with Gasteiger partial charge in [0.15, 0.2) is 11.6 Å². The third-order valence-corrected chi connectivity index (χ3v) is 3.77. The van der Waals surface area contributed by atoms with Crippen molar-refractivity contribution in [1.82, 2.24) is 5.06 Å². The normalized spacial score (nSPS) is 10.6. The molecule has 3 aromatic carbocycles. The zero-order chi connectivity index (χ0) is 19.8. The van der Waals surface area contributed by atoms with Crippen molar-refractivity contribution >= 4 is 17.8 Å². The molecule has 142 valence electrons. The Bertz CT molecular complexity index is 947. The van der Waals surface area contributed by atoms with E-state index >= 15 is 0 Å². The van der Waals surface area contributed by atoms with Crippen LogP contribution in [-0.4, -0.2) is 22.8 Å². The number of anilines is 1. The Morgan fingerprint density at radius 1 is 1.04 bits per heavy atom. The minimum Gasteiger partial charge on any atom is -0.454 e. The molecule has 0 heterocycles. The fraction of sp³-hybridized carbons (Fsp3) is 0.0455. The molecule has 0 aliphatic carbocycles. The van der Waals surface area contributed by atoms with Gasteiger partial charge >= 0.3 is 6.03 Å². The molecule has 0 bridgehead atoms. The van der Waals surface area contributed by atoms with Crippen LogP contribution in [0.3, 0.4) is 0 Å². The number of hydrogen-bond donors (Lipinski definition) is 2. The van der Waals surface area contributed by atoms with E-state index in [1.54, 1.807) is 72.8 Å². The molecule has 0 spiro atoms. The second-order valence-corrected chi connectivity index (χ2v) is 5.89. The first kappa shape index (κ1) is 19.1. The largest absolute Gasteiger partial charge is 0.454 e. The van der Waals surface area contributed by atoms with Gasteiger partial charge in [-0.05, 0) is 42.0 Å². The number of halogens is 1. The van der Waals surface area contributed by atoms with Crippen LogP contribution >= 0.6 is 0 Å². The van der Waals surface area contributed by atoms with E-state index < -0.39 is 11.8 Å². The van der Waals surface area contributed by atoms with E-state index in [-0.39, 0.29) is 12.3 Å². The Labute approximate surface area is 162 Å². The molecule has 2 N–H and O–H groups in total. The van der Waals surface area contributed by atoms with Crippen LogP contribution in [0.25, 0.3) is 6.08 Å². The summed E-state index contributed by atoms with van der Waals surface area (Å²) in [5, 5.41) is 13.0. The second kappa shape index (κ2) is 9.34. The molecule has 28 heavy (non-hydrogen) atoms. The smallest absolute Gasteiger partial charge is 0.345 e. The summed E-state index contributed by atoms with van der Waals surface area (Å²) in [4.78, 5) is 11.9. The summed E-state index contributed by atoms with van der Waals surface area (Å²) < 4.78 is 19.5. The summed E-state index contributed by atoms with van der Waals surface area (Å²) in [6.07, 6.45) is 3.25. The third kappa shape index (κ3) is 5.43. The van der Waals surface area contributed by atoms with E-state index in [9.17, 15) is 14.4 Å². The Morgan fingerprint density at radius 3 is 2.43 bits per heavy atom. The zero-order valence-corrected chi connectivity index (χ0v) is 15.0. The van der Waals surface area contributed by atoms with Gasteiger partial charge in [0.05, 0.1) is 6.54 Å². The number of nitrogens with zero attached hydrogens (tertiary/aromatic N) is 1. The highest BCUT2D eigenvalue weighted by molar-refractivity contribution is 5.88. The minimum atomic E-state index is -0.650. The van der Waals surface area contributed by atoms with Crippen LogP contribution in [0.4, 0.5) is 14.9 Å². The summed E-state index contributed by atoms with van der Waals surface area (Å²) in [7, 11) is 0. The molecule has 0 unspecified atom stereocenters. The van der Waals surface area contributed by atoms with Gasteiger partial charge < -0.3 is 10.1 Å². The van der Waals surface area contributed by atoms with Gasteiger partial charge in [-0.15, -0.1) is 0 Å². The average molecular weight is 378 g/mol. The number of ether oxygens (including phenoxy) is 1. The van der Waals surface area contributed by atoms with Crippen LogP contribution in [0, 0.1) is 5.82 Å². The molecule has 0 aliphatic heterocycles. The summed E-state index contributed by atoms with van der Waals surface area (Å²) in [6, 6.07) is 21.5. The van der Waals surface area contributed by atoms with E-state index in [2.05, 4.69) is 5.32 Å². The Kier molecular flexibility index (Phi) is 6.38. The first-order chi connectivity index (χ1) is 13.6. The lowest BCUT2D eigenvalue weighted by atomic mass is 10.2. The number of rotatable bonds is 6. The fourth-order valence-corrected chi connectivity index (χ4v) is 2.40. The van der Waals surface area contributed by atoms with Crippen LogP contribution in [0.1, 0.15) is 5.56 Å². The van der Waals surface area contributed by atoms with Crippen molar-refractivity contribution in [3.8, 4) is 11.5 Å². The monoisotopic (exact) mass is 378 g/mol. The van der Waals surface area contributed by atoms with Crippen molar-refractivity contribution < 1.29 is 19.1 Å².